The van der Waals surface area contributed by atoms with Crippen molar-refractivity contribution >= 4 is 33.8 Å². The predicted octanol–water partition coefficient (Wildman–Crippen LogP) is 2.75. The molecule has 2 N–H and O–H groups in total. The lowest BCUT2D eigenvalue weighted by Gasteiger charge is -2.26. The van der Waals surface area contributed by atoms with Gasteiger partial charge in [-0.25, -0.2) is 0 Å². The van der Waals surface area contributed by atoms with Crippen molar-refractivity contribution in [2.24, 2.45) is 5.10 Å². The van der Waals surface area contributed by atoms with Gasteiger partial charge in [-0.1, -0.05) is 36.4 Å². The molecule has 0 spiro atoms. The number of hydrazone groups is 1. The SMILES string of the molecule is C/C(=N/NC(=S)NCCCN1CCOCC1)c1ccc2ccccc2c1. The zero-order valence-electron chi connectivity index (χ0n) is 15.2. The molecule has 1 aliphatic rings. The number of ether oxygens (including phenoxy) is 1. The maximum atomic E-state index is 5.36. The van der Waals surface area contributed by atoms with E-state index < -0.39 is 0 Å². The molecule has 0 unspecified atom stereocenters. The quantitative estimate of drug-likeness (QED) is 0.354. The van der Waals surface area contributed by atoms with Crippen molar-refractivity contribution in [2.45, 2.75) is 13.3 Å². The van der Waals surface area contributed by atoms with Crippen molar-refractivity contribution in [3.8, 4) is 0 Å². The van der Waals surface area contributed by atoms with Crippen LogP contribution in [0.1, 0.15) is 18.9 Å². The van der Waals surface area contributed by atoms with Crippen LogP contribution in [0.15, 0.2) is 47.6 Å². The minimum absolute atomic E-state index is 0.562. The number of hydrogen-bond donors (Lipinski definition) is 2. The summed E-state index contributed by atoms with van der Waals surface area (Å²) in [5.74, 6) is 0. The molecule has 3 rings (SSSR count). The van der Waals surface area contributed by atoms with Gasteiger partial charge in [0.1, 0.15) is 0 Å². The second kappa shape index (κ2) is 9.62. The van der Waals surface area contributed by atoms with Crippen LogP contribution in [0.4, 0.5) is 0 Å². The molecule has 26 heavy (non-hydrogen) atoms. The van der Waals surface area contributed by atoms with Gasteiger partial charge in [0.25, 0.3) is 0 Å². The van der Waals surface area contributed by atoms with Crippen molar-refractivity contribution in [1.82, 2.24) is 15.6 Å². The molecule has 1 aliphatic heterocycles. The smallest absolute Gasteiger partial charge is 0.186 e. The van der Waals surface area contributed by atoms with Crippen LogP contribution in [0, 0.1) is 0 Å². The molecular weight excluding hydrogens is 344 g/mol. The molecule has 1 fully saturated rings. The van der Waals surface area contributed by atoms with Crippen LogP contribution in [0.25, 0.3) is 10.8 Å². The molecule has 0 saturated carbocycles. The summed E-state index contributed by atoms with van der Waals surface area (Å²) in [7, 11) is 0. The van der Waals surface area contributed by atoms with Gasteiger partial charge in [-0.05, 0) is 54.5 Å². The fourth-order valence-corrected chi connectivity index (χ4v) is 3.13. The summed E-state index contributed by atoms with van der Waals surface area (Å²) in [4.78, 5) is 2.42. The van der Waals surface area contributed by atoms with Crippen LogP contribution in [0.5, 0.6) is 0 Å². The number of thiocarbonyl (C=S) groups is 1. The Hall–Kier alpha value is -2.02. The molecule has 5 nitrogen and oxygen atoms in total. The number of nitrogens with zero attached hydrogens (tertiary/aromatic N) is 2. The maximum absolute atomic E-state index is 5.36. The van der Waals surface area contributed by atoms with E-state index in [1.165, 1.54) is 10.8 Å². The zero-order valence-corrected chi connectivity index (χ0v) is 16.0. The Balaban J connectivity index is 1.43. The number of rotatable bonds is 6. The van der Waals surface area contributed by atoms with E-state index in [0.717, 1.165) is 57.1 Å². The second-order valence-electron chi connectivity index (χ2n) is 6.43. The monoisotopic (exact) mass is 370 g/mol. The van der Waals surface area contributed by atoms with Crippen molar-refractivity contribution in [2.75, 3.05) is 39.4 Å². The molecule has 0 atom stereocenters. The Morgan fingerprint density at radius 1 is 1.15 bits per heavy atom. The van der Waals surface area contributed by atoms with Crippen LogP contribution in [0.2, 0.25) is 0 Å². The highest BCUT2D eigenvalue weighted by molar-refractivity contribution is 7.80. The van der Waals surface area contributed by atoms with Crippen LogP contribution in [-0.2, 0) is 4.74 Å². The molecule has 6 heteroatoms. The van der Waals surface area contributed by atoms with Gasteiger partial charge in [0.2, 0.25) is 0 Å². The van der Waals surface area contributed by atoms with Gasteiger partial charge >= 0.3 is 0 Å². The van der Waals surface area contributed by atoms with Crippen molar-refractivity contribution < 1.29 is 4.74 Å². The van der Waals surface area contributed by atoms with E-state index in [1.807, 2.05) is 19.1 Å². The normalized spacial score (nSPS) is 15.8. The number of benzene rings is 2. The molecule has 0 bridgehead atoms. The lowest BCUT2D eigenvalue weighted by atomic mass is 10.0. The minimum atomic E-state index is 0.562. The van der Waals surface area contributed by atoms with E-state index in [-0.39, 0.29) is 0 Å². The van der Waals surface area contributed by atoms with Gasteiger partial charge in [0.15, 0.2) is 5.11 Å². The topological polar surface area (TPSA) is 48.9 Å². The third kappa shape index (κ3) is 5.49. The van der Waals surface area contributed by atoms with E-state index in [4.69, 9.17) is 17.0 Å². The number of morpholine rings is 1. The predicted molar refractivity (Wildman–Crippen MR) is 112 cm³/mol. The van der Waals surface area contributed by atoms with Crippen molar-refractivity contribution in [3.05, 3.63) is 48.0 Å². The summed E-state index contributed by atoms with van der Waals surface area (Å²) in [5, 5.41) is 10.6. The molecule has 0 amide bonds. The van der Waals surface area contributed by atoms with E-state index >= 15 is 0 Å². The molecule has 0 radical (unpaired) electrons. The summed E-state index contributed by atoms with van der Waals surface area (Å²) in [6.45, 7) is 7.63. The van der Waals surface area contributed by atoms with Gasteiger partial charge in [0, 0.05) is 19.6 Å². The Morgan fingerprint density at radius 3 is 2.73 bits per heavy atom. The molecule has 2 aromatic rings. The minimum Gasteiger partial charge on any atom is -0.379 e. The lowest BCUT2D eigenvalue weighted by Crippen LogP contribution is -2.39. The third-order valence-corrected chi connectivity index (χ3v) is 4.77. The highest BCUT2D eigenvalue weighted by Gasteiger charge is 2.09. The Kier molecular flexibility index (Phi) is 6.94. The molecule has 2 aromatic carbocycles. The van der Waals surface area contributed by atoms with Gasteiger partial charge in [-0.2, -0.15) is 5.10 Å². The molecule has 138 valence electrons. The lowest BCUT2D eigenvalue weighted by molar-refractivity contribution is 0.0376. The summed E-state index contributed by atoms with van der Waals surface area (Å²) in [6, 6.07) is 14.7. The summed E-state index contributed by atoms with van der Waals surface area (Å²) in [5.41, 5.74) is 4.94. The van der Waals surface area contributed by atoms with E-state index in [0.29, 0.717) is 5.11 Å². The molecule has 0 aromatic heterocycles. The Labute approximate surface area is 160 Å². The fraction of sp³-hybridized carbons (Fsp3) is 0.400. The number of nitrogens with one attached hydrogen (secondary N) is 2. The first kappa shape index (κ1) is 18.8. The van der Waals surface area contributed by atoms with Gasteiger partial charge < -0.3 is 10.1 Å². The first-order valence-corrected chi connectivity index (χ1v) is 9.50. The van der Waals surface area contributed by atoms with Crippen LogP contribution in [-0.4, -0.2) is 55.1 Å². The van der Waals surface area contributed by atoms with Gasteiger partial charge in [-0.15, -0.1) is 0 Å². The summed E-state index contributed by atoms with van der Waals surface area (Å²) < 4.78 is 5.36. The molecule has 0 aliphatic carbocycles. The van der Waals surface area contributed by atoms with Gasteiger partial charge in [0.05, 0.1) is 18.9 Å². The van der Waals surface area contributed by atoms with E-state index in [9.17, 15) is 0 Å². The average molecular weight is 371 g/mol. The molecule has 1 heterocycles. The first-order chi connectivity index (χ1) is 12.7. The molecular formula is C20H26N4OS. The largest absolute Gasteiger partial charge is 0.379 e. The van der Waals surface area contributed by atoms with Crippen LogP contribution >= 0.6 is 12.2 Å². The third-order valence-electron chi connectivity index (χ3n) is 4.53. The second-order valence-corrected chi connectivity index (χ2v) is 6.84. The summed E-state index contributed by atoms with van der Waals surface area (Å²) in [6.07, 6.45) is 1.05. The van der Waals surface area contributed by atoms with Crippen LogP contribution < -0.4 is 10.7 Å². The van der Waals surface area contributed by atoms with E-state index in [2.05, 4.69) is 51.1 Å². The zero-order chi connectivity index (χ0) is 18.2. The Morgan fingerprint density at radius 2 is 1.92 bits per heavy atom. The number of hydrogen-bond acceptors (Lipinski definition) is 4. The van der Waals surface area contributed by atoms with Gasteiger partial charge in [-0.3, -0.25) is 10.3 Å². The standard InChI is InChI=1S/C20H26N4OS/c1-16(18-8-7-17-5-2-3-6-19(17)15-18)22-23-20(26)21-9-4-10-24-11-13-25-14-12-24/h2-3,5-8,15H,4,9-14H2,1H3,(H2,21,23,26)/b22-16-. The van der Waals surface area contributed by atoms with Crippen molar-refractivity contribution in [1.29, 1.82) is 0 Å². The maximum Gasteiger partial charge on any atom is 0.186 e. The summed E-state index contributed by atoms with van der Waals surface area (Å²) >= 11 is 5.31. The van der Waals surface area contributed by atoms with Crippen molar-refractivity contribution in [3.63, 3.8) is 0 Å². The van der Waals surface area contributed by atoms with Crippen LogP contribution in [0.3, 0.4) is 0 Å². The average Bonchev–Trinajstić information content (AvgIpc) is 2.70. The fourth-order valence-electron chi connectivity index (χ4n) is 2.98. The highest BCUT2D eigenvalue weighted by atomic mass is 32.1. The highest BCUT2D eigenvalue weighted by Crippen LogP contribution is 2.16. The number of fused-ring (bicyclic) bond motifs is 1. The van der Waals surface area contributed by atoms with E-state index in [1.54, 1.807) is 0 Å². The Bertz CT molecular complexity index is 771. The molecule has 1 saturated heterocycles. The first-order valence-electron chi connectivity index (χ1n) is 9.10.